The maximum Gasteiger partial charge on any atom is 0.343 e. The summed E-state index contributed by atoms with van der Waals surface area (Å²) in [5, 5.41) is 18.3. The minimum atomic E-state index is -2.92. The Morgan fingerprint density at radius 1 is 1.24 bits per heavy atom. The molecule has 6 rings (SSSR count). The van der Waals surface area contributed by atoms with E-state index in [0.29, 0.717) is 29.0 Å². The second kappa shape index (κ2) is 11.0. The number of nitrogens with one attached hydrogen (secondary N) is 1. The molecule has 0 radical (unpaired) electrons. The van der Waals surface area contributed by atoms with Crippen LogP contribution in [0.1, 0.15) is 50.4 Å². The van der Waals surface area contributed by atoms with E-state index >= 15 is 0 Å². The first-order valence-electron chi connectivity index (χ1n) is 13.1. The summed E-state index contributed by atoms with van der Waals surface area (Å²) >= 11 is 0. The minimum Gasteiger partial charge on any atom is -1.00 e. The van der Waals surface area contributed by atoms with Crippen LogP contribution in [-0.4, -0.2) is 64.8 Å². The maximum atomic E-state index is 14.1. The minimum absolute atomic E-state index is 0. The van der Waals surface area contributed by atoms with Crippen molar-refractivity contribution < 1.29 is 54.2 Å². The molecule has 3 saturated heterocycles. The Kier molecular flexibility index (Phi) is 8.30. The first kappa shape index (κ1) is 28.6. The molecule has 4 aliphatic rings. The van der Waals surface area contributed by atoms with Crippen LogP contribution in [0.25, 0.3) is 0 Å². The van der Waals surface area contributed by atoms with Crippen LogP contribution in [-0.2, 0) is 26.3 Å². The highest BCUT2D eigenvalue weighted by Crippen LogP contribution is 2.48. The van der Waals surface area contributed by atoms with Crippen molar-refractivity contribution in [2.75, 3.05) is 31.5 Å². The molecule has 1 aliphatic carbocycles. The van der Waals surface area contributed by atoms with E-state index in [1.165, 1.54) is 0 Å². The van der Waals surface area contributed by atoms with E-state index in [-0.39, 0.29) is 53.8 Å². The number of ether oxygens (including phenoxy) is 1. The molecule has 1 amide bonds. The third kappa shape index (κ3) is 5.65. The van der Waals surface area contributed by atoms with E-state index in [2.05, 4.69) is 10.5 Å². The summed E-state index contributed by atoms with van der Waals surface area (Å²) in [6.07, 6.45) is 0.824. The number of quaternary nitrogens is 1. The van der Waals surface area contributed by atoms with Crippen LogP contribution in [0.5, 0.6) is 0 Å². The van der Waals surface area contributed by atoms with Crippen molar-refractivity contribution in [1.29, 1.82) is 0 Å². The number of aromatic nitrogens is 1. The molecule has 2 N–H and O–H groups in total. The van der Waals surface area contributed by atoms with Crippen LogP contribution < -0.4 is 22.3 Å². The van der Waals surface area contributed by atoms with Crippen molar-refractivity contribution in [2.45, 2.75) is 63.1 Å². The topological polar surface area (TPSA) is 102 Å². The van der Waals surface area contributed by atoms with Gasteiger partial charge in [0.1, 0.15) is 12.3 Å². The summed E-state index contributed by atoms with van der Waals surface area (Å²) in [7, 11) is 0. The number of carbonyl (C=O) groups is 2. The summed E-state index contributed by atoms with van der Waals surface area (Å²) < 4.78 is 39.8. The predicted molar refractivity (Wildman–Crippen MR) is 129 cm³/mol. The van der Waals surface area contributed by atoms with Gasteiger partial charge >= 0.3 is 5.97 Å². The molecular formula is C27H34BrF2N3O5. The quantitative estimate of drug-likeness (QED) is 0.342. The van der Waals surface area contributed by atoms with Gasteiger partial charge in [0.2, 0.25) is 5.92 Å². The second-order valence-electron chi connectivity index (χ2n) is 10.9. The lowest BCUT2D eigenvalue weighted by molar-refractivity contribution is -0.939. The van der Waals surface area contributed by atoms with Gasteiger partial charge in [0.15, 0.2) is 24.1 Å². The van der Waals surface area contributed by atoms with Crippen molar-refractivity contribution in [3.05, 3.63) is 47.7 Å². The van der Waals surface area contributed by atoms with Crippen molar-refractivity contribution in [3.8, 4) is 0 Å². The SMILES string of the molecule is CCc1cc(NC(=O)C[N+]23CCC(CC2)[C@@H](OC(=O)C(O)(c2ccccc2)C2CCC(F)(F)C2)C3)no1.[Br-]. The second-order valence-corrected chi connectivity index (χ2v) is 10.9. The third-order valence-electron chi connectivity index (χ3n) is 8.47. The molecule has 2 unspecified atom stereocenters. The number of hydrogen-bond acceptors (Lipinski definition) is 6. The Labute approximate surface area is 231 Å². The van der Waals surface area contributed by atoms with E-state index in [9.17, 15) is 23.5 Å². The highest BCUT2D eigenvalue weighted by Gasteiger charge is 2.56. The molecule has 1 saturated carbocycles. The number of piperidine rings is 3. The molecule has 11 heteroatoms. The average Bonchev–Trinajstić information content (AvgIpc) is 3.49. The lowest BCUT2D eigenvalue weighted by Gasteiger charge is -2.51. The van der Waals surface area contributed by atoms with Crippen LogP contribution in [0.3, 0.4) is 0 Å². The molecule has 1 aromatic carbocycles. The Hall–Kier alpha value is -2.37. The normalized spacial score (nSPS) is 29.2. The number of fused-ring (bicyclic) bond motifs is 3. The van der Waals surface area contributed by atoms with Gasteiger partial charge < -0.3 is 41.1 Å². The smallest absolute Gasteiger partial charge is 0.343 e. The molecule has 2 aromatic rings. The van der Waals surface area contributed by atoms with Gasteiger partial charge in [-0.3, -0.25) is 4.79 Å². The lowest BCUT2D eigenvalue weighted by Crippen LogP contribution is -3.00. The van der Waals surface area contributed by atoms with Crippen molar-refractivity contribution >= 4 is 17.7 Å². The van der Waals surface area contributed by atoms with Gasteiger partial charge in [0.05, 0.1) is 13.1 Å². The fraction of sp³-hybridized carbons (Fsp3) is 0.593. The monoisotopic (exact) mass is 597 g/mol. The summed E-state index contributed by atoms with van der Waals surface area (Å²) in [5.74, 6) is -3.78. The Morgan fingerprint density at radius 2 is 1.95 bits per heavy atom. The molecule has 8 nitrogen and oxygen atoms in total. The number of benzene rings is 1. The van der Waals surface area contributed by atoms with E-state index in [1.807, 2.05) is 6.92 Å². The number of nitrogens with zero attached hydrogens (tertiary/aromatic N) is 2. The predicted octanol–water partition coefficient (Wildman–Crippen LogP) is 0.655. The number of aryl methyl sites for hydroxylation is 1. The first-order valence-corrected chi connectivity index (χ1v) is 13.1. The molecular weight excluding hydrogens is 564 g/mol. The highest BCUT2D eigenvalue weighted by atomic mass is 79.9. The standard InChI is InChI=1S/C27H33F2N3O5.BrH/c1-2-21-14-23(31-37-21)30-24(33)17-32-12-9-18(10-13-32)22(16-32)36-25(34)27(35,19-6-4-3-5-7-19)20-8-11-26(28,29)15-20;/h3-7,14,18,20,22,35H,2,8-13,15-17H2,1H3;1H/t18?,20?,22-,27?,32?;/m0./s1. The van der Waals surface area contributed by atoms with Crippen molar-refractivity contribution in [3.63, 3.8) is 0 Å². The van der Waals surface area contributed by atoms with Crippen LogP contribution >= 0.6 is 0 Å². The van der Waals surface area contributed by atoms with E-state index in [4.69, 9.17) is 9.26 Å². The Bertz CT molecular complexity index is 1140. The number of hydrogen-bond donors (Lipinski definition) is 2. The number of anilines is 1. The fourth-order valence-electron chi connectivity index (χ4n) is 6.35. The van der Waals surface area contributed by atoms with Crippen LogP contribution in [0.15, 0.2) is 40.9 Å². The maximum absolute atomic E-state index is 14.1. The molecule has 3 atom stereocenters. The molecule has 38 heavy (non-hydrogen) atoms. The number of halogens is 3. The fourth-order valence-corrected chi connectivity index (χ4v) is 6.35. The summed E-state index contributed by atoms with van der Waals surface area (Å²) in [6.45, 7) is 4.13. The molecule has 4 fully saturated rings. The average molecular weight is 598 g/mol. The molecule has 208 valence electrons. The van der Waals surface area contributed by atoms with Crippen LogP contribution in [0.4, 0.5) is 14.6 Å². The zero-order valence-electron chi connectivity index (χ0n) is 21.4. The number of aliphatic hydroxyl groups is 1. The lowest BCUT2D eigenvalue weighted by atomic mass is 9.79. The zero-order valence-corrected chi connectivity index (χ0v) is 23.0. The molecule has 4 heterocycles. The van der Waals surface area contributed by atoms with E-state index in [0.717, 1.165) is 25.9 Å². The zero-order chi connectivity index (χ0) is 26.3. The van der Waals surface area contributed by atoms with Gasteiger partial charge in [-0.25, -0.2) is 13.6 Å². The van der Waals surface area contributed by atoms with Gasteiger partial charge in [0, 0.05) is 50.0 Å². The van der Waals surface area contributed by atoms with E-state index < -0.39 is 35.9 Å². The van der Waals surface area contributed by atoms with E-state index in [1.54, 1.807) is 36.4 Å². The largest absolute Gasteiger partial charge is 1.00 e. The van der Waals surface area contributed by atoms with Gasteiger partial charge in [-0.05, 0) is 12.0 Å². The van der Waals surface area contributed by atoms with Gasteiger partial charge in [-0.2, -0.15) is 0 Å². The number of alkyl halides is 2. The molecule has 1 aromatic heterocycles. The molecule has 3 aliphatic heterocycles. The Balaban J connectivity index is 0.00000336. The number of esters is 1. The summed E-state index contributed by atoms with van der Waals surface area (Å²) in [5.41, 5.74) is -1.88. The van der Waals surface area contributed by atoms with Crippen LogP contribution in [0, 0.1) is 11.8 Å². The summed E-state index contributed by atoms with van der Waals surface area (Å²) in [6, 6.07) is 9.95. The Morgan fingerprint density at radius 3 is 2.55 bits per heavy atom. The van der Waals surface area contributed by atoms with Crippen molar-refractivity contribution in [2.24, 2.45) is 11.8 Å². The molecule has 0 spiro atoms. The third-order valence-corrected chi connectivity index (χ3v) is 8.47. The van der Waals surface area contributed by atoms with Crippen LogP contribution in [0.2, 0.25) is 0 Å². The van der Waals surface area contributed by atoms with Gasteiger partial charge in [-0.1, -0.05) is 42.4 Å². The highest BCUT2D eigenvalue weighted by molar-refractivity contribution is 5.90. The van der Waals surface area contributed by atoms with Gasteiger partial charge in [0.25, 0.3) is 5.91 Å². The van der Waals surface area contributed by atoms with Crippen molar-refractivity contribution in [1.82, 2.24) is 5.16 Å². The number of carbonyl (C=O) groups excluding carboxylic acids is 2. The number of rotatable bonds is 8. The number of amides is 1. The molecule has 2 bridgehead atoms. The van der Waals surface area contributed by atoms with Gasteiger partial charge in [-0.15, -0.1) is 0 Å². The first-order chi connectivity index (χ1) is 17.6. The summed E-state index contributed by atoms with van der Waals surface area (Å²) in [4.78, 5) is 26.4.